The predicted octanol–water partition coefficient (Wildman–Crippen LogP) is 1.42. The van der Waals surface area contributed by atoms with Gasteiger partial charge in [0.2, 0.25) is 5.91 Å². The number of halogens is 1. The molecule has 6 heteroatoms. The lowest BCUT2D eigenvalue weighted by Gasteiger charge is -2.21. The van der Waals surface area contributed by atoms with E-state index in [2.05, 4.69) is 5.32 Å². The Morgan fingerprint density at radius 2 is 1.80 bits per heavy atom. The van der Waals surface area contributed by atoms with Gasteiger partial charge >= 0.3 is 5.97 Å². The molecule has 0 aliphatic carbocycles. The third-order valence-corrected chi connectivity index (χ3v) is 3.62. The number of anilines is 1. The van der Waals surface area contributed by atoms with Gasteiger partial charge in [-0.1, -0.05) is 24.3 Å². The maximum absolute atomic E-state index is 13.5. The highest BCUT2D eigenvalue weighted by Gasteiger charge is 2.53. The summed E-state index contributed by atoms with van der Waals surface area (Å²) in [4.78, 5) is 23.5. The Kier molecular flexibility index (Phi) is 3.02. The highest BCUT2D eigenvalue weighted by Crippen LogP contribution is 2.39. The van der Waals surface area contributed by atoms with Gasteiger partial charge in [0.25, 0.3) is 0 Å². The molecule has 2 N–H and O–H groups in total. The van der Waals surface area contributed by atoms with Crippen molar-refractivity contribution in [2.75, 3.05) is 5.32 Å². The molecule has 0 spiro atoms. The molecule has 2 bridgehead atoms. The molecule has 1 aromatic rings. The van der Waals surface area contributed by atoms with E-state index in [1.165, 1.54) is 18.2 Å². The highest BCUT2D eigenvalue weighted by atomic mass is 19.1. The van der Waals surface area contributed by atoms with Crippen molar-refractivity contribution in [3.8, 4) is 0 Å². The van der Waals surface area contributed by atoms with E-state index in [-0.39, 0.29) is 5.69 Å². The smallest absolute Gasteiger partial charge is 0.310 e. The van der Waals surface area contributed by atoms with Crippen LogP contribution in [0.3, 0.4) is 0 Å². The van der Waals surface area contributed by atoms with E-state index in [1.54, 1.807) is 18.2 Å². The average molecular weight is 277 g/mol. The zero-order valence-electron chi connectivity index (χ0n) is 10.3. The number of amides is 1. The number of nitrogens with one attached hydrogen (secondary N) is 1. The van der Waals surface area contributed by atoms with Crippen LogP contribution in [-0.2, 0) is 14.3 Å². The molecule has 0 unspecified atom stereocenters. The minimum absolute atomic E-state index is 0.0355. The van der Waals surface area contributed by atoms with Crippen LogP contribution in [0.5, 0.6) is 0 Å². The fraction of sp³-hybridized carbons (Fsp3) is 0.286. The van der Waals surface area contributed by atoms with Gasteiger partial charge in [-0.25, -0.2) is 4.39 Å². The molecule has 2 heterocycles. The molecule has 0 radical (unpaired) electrons. The molecule has 2 aliphatic rings. The lowest BCUT2D eigenvalue weighted by atomic mass is 9.82. The first kappa shape index (κ1) is 12.8. The second-order valence-corrected chi connectivity index (χ2v) is 4.81. The number of rotatable bonds is 3. The van der Waals surface area contributed by atoms with Crippen LogP contribution in [-0.4, -0.2) is 29.2 Å². The van der Waals surface area contributed by atoms with E-state index < -0.39 is 41.7 Å². The topological polar surface area (TPSA) is 75.6 Å². The maximum Gasteiger partial charge on any atom is 0.310 e. The Labute approximate surface area is 114 Å². The van der Waals surface area contributed by atoms with Crippen LogP contribution in [0.1, 0.15) is 0 Å². The Morgan fingerprint density at radius 3 is 2.45 bits per heavy atom. The fourth-order valence-electron chi connectivity index (χ4n) is 2.69. The van der Waals surface area contributed by atoms with E-state index in [0.717, 1.165) is 0 Å². The number of carboxylic acid groups (broad SMARTS) is 1. The van der Waals surface area contributed by atoms with Crippen LogP contribution in [0.15, 0.2) is 36.4 Å². The van der Waals surface area contributed by atoms with Gasteiger partial charge in [0, 0.05) is 0 Å². The van der Waals surface area contributed by atoms with Crippen LogP contribution >= 0.6 is 0 Å². The Bertz CT molecular complexity index is 601. The molecule has 0 saturated carbocycles. The monoisotopic (exact) mass is 277 g/mol. The summed E-state index contributed by atoms with van der Waals surface area (Å²) in [5, 5.41) is 11.6. The minimum atomic E-state index is -1.09. The van der Waals surface area contributed by atoms with E-state index in [9.17, 15) is 19.1 Å². The van der Waals surface area contributed by atoms with Crippen LogP contribution in [0.25, 0.3) is 0 Å². The Balaban J connectivity index is 1.82. The van der Waals surface area contributed by atoms with Crippen LogP contribution < -0.4 is 5.32 Å². The fourth-order valence-corrected chi connectivity index (χ4v) is 2.69. The first-order valence-corrected chi connectivity index (χ1v) is 6.20. The standard InChI is InChI=1S/C14H12FNO4/c15-7-3-1-2-4-8(7)16-13(17)11-9-5-6-10(20-9)12(11)14(18)19/h1-6,9-12H,(H,16,17)(H,18,19)/t9-,10-,11+,12-/m0/s1. The molecule has 104 valence electrons. The van der Waals surface area contributed by atoms with Crippen molar-refractivity contribution < 1.29 is 23.8 Å². The summed E-state index contributed by atoms with van der Waals surface area (Å²) in [6, 6.07) is 5.74. The van der Waals surface area contributed by atoms with Crippen LogP contribution in [0, 0.1) is 17.7 Å². The van der Waals surface area contributed by atoms with Crippen molar-refractivity contribution in [3.63, 3.8) is 0 Å². The predicted molar refractivity (Wildman–Crippen MR) is 67.4 cm³/mol. The average Bonchev–Trinajstić information content (AvgIpc) is 3.01. The van der Waals surface area contributed by atoms with Crippen LogP contribution in [0.2, 0.25) is 0 Å². The van der Waals surface area contributed by atoms with Gasteiger partial charge in [-0.3, -0.25) is 9.59 Å². The third kappa shape index (κ3) is 1.98. The summed E-state index contributed by atoms with van der Waals surface area (Å²) in [5.41, 5.74) is 0.0355. The quantitative estimate of drug-likeness (QED) is 0.819. The van der Waals surface area contributed by atoms with E-state index in [1.807, 2.05) is 0 Å². The van der Waals surface area contributed by atoms with Crippen molar-refractivity contribution in [1.82, 2.24) is 0 Å². The van der Waals surface area contributed by atoms with E-state index in [4.69, 9.17) is 4.74 Å². The van der Waals surface area contributed by atoms with Gasteiger partial charge in [-0.15, -0.1) is 0 Å². The van der Waals surface area contributed by atoms with E-state index in [0.29, 0.717) is 0 Å². The number of para-hydroxylation sites is 1. The summed E-state index contributed by atoms with van der Waals surface area (Å²) in [5.74, 6) is -3.97. The number of benzene rings is 1. The number of fused-ring (bicyclic) bond motifs is 2. The van der Waals surface area contributed by atoms with Gasteiger partial charge in [0.1, 0.15) is 11.7 Å². The number of aliphatic carboxylic acids is 1. The summed E-state index contributed by atoms with van der Waals surface area (Å²) in [6.07, 6.45) is 2.17. The van der Waals surface area contributed by atoms with Crippen molar-refractivity contribution in [2.45, 2.75) is 12.2 Å². The number of ether oxygens (including phenoxy) is 1. The molecule has 0 aromatic heterocycles. The lowest BCUT2D eigenvalue weighted by molar-refractivity contribution is -0.145. The molecule has 4 atom stereocenters. The number of carboxylic acids is 1. The second-order valence-electron chi connectivity index (χ2n) is 4.81. The van der Waals surface area contributed by atoms with Crippen molar-refractivity contribution in [3.05, 3.63) is 42.2 Å². The molecule has 5 nitrogen and oxygen atoms in total. The molecule has 1 aromatic carbocycles. The maximum atomic E-state index is 13.5. The summed E-state index contributed by atoms with van der Waals surface area (Å²) < 4.78 is 18.9. The zero-order valence-corrected chi connectivity index (χ0v) is 10.3. The van der Waals surface area contributed by atoms with Gasteiger partial charge in [-0.05, 0) is 12.1 Å². The molecule has 1 fully saturated rings. The SMILES string of the molecule is O=C(O)[C@@H]1[C@H](C(=O)Nc2ccccc2F)[C@@H]2C=C[C@@H]1O2. The normalized spacial score (nSPS) is 30.4. The zero-order chi connectivity index (χ0) is 14.3. The molecular formula is C14H12FNO4. The lowest BCUT2D eigenvalue weighted by Crippen LogP contribution is -2.39. The largest absolute Gasteiger partial charge is 0.481 e. The molecule has 2 aliphatic heterocycles. The van der Waals surface area contributed by atoms with Gasteiger partial charge < -0.3 is 15.2 Å². The molecule has 20 heavy (non-hydrogen) atoms. The molecular weight excluding hydrogens is 265 g/mol. The highest BCUT2D eigenvalue weighted by molar-refractivity contribution is 5.96. The van der Waals surface area contributed by atoms with Gasteiger partial charge in [-0.2, -0.15) is 0 Å². The summed E-state index contributed by atoms with van der Waals surface area (Å²) in [6.45, 7) is 0. The number of carbonyl (C=O) groups is 2. The van der Waals surface area contributed by atoms with Crippen molar-refractivity contribution in [2.24, 2.45) is 11.8 Å². The van der Waals surface area contributed by atoms with E-state index >= 15 is 0 Å². The number of hydrogen-bond acceptors (Lipinski definition) is 3. The summed E-state index contributed by atoms with van der Waals surface area (Å²) >= 11 is 0. The van der Waals surface area contributed by atoms with Gasteiger partial charge in [0.15, 0.2) is 0 Å². The third-order valence-electron chi connectivity index (χ3n) is 3.62. The Morgan fingerprint density at radius 1 is 1.15 bits per heavy atom. The van der Waals surface area contributed by atoms with Crippen molar-refractivity contribution in [1.29, 1.82) is 0 Å². The first-order valence-electron chi connectivity index (χ1n) is 6.20. The van der Waals surface area contributed by atoms with Crippen molar-refractivity contribution >= 4 is 17.6 Å². The molecule has 1 amide bonds. The summed E-state index contributed by atoms with van der Waals surface area (Å²) in [7, 11) is 0. The van der Waals surface area contributed by atoms with Gasteiger partial charge in [0.05, 0.1) is 23.8 Å². The minimum Gasteiger partial charge on any atom is -0.481 e. The first-order chi connectivity index (χ1) is 9.58. The van der Waals surface area contributed by atoms with Crippen LogP contribution in [0.4, 0.5) is 10.1 Å². The Hall–Kier alpha value is -2.21. The molecule has 3 rings (SSSR count). The second kappa shape index (κ2) is 4.72. The molecule has 1 saturated heterocycles. The number of hydrogen-bond donors (Lipinski definition) is 2. The number of carbonyl (C=O) groups excluding carboxylic acids is 1.